The Bertz CT molecular complexity index is 474. The Morgan fingerprint density at radius 2 is 1.90 bits per heavy atom. The van der Waals surface area contributed by atoms with Crippen LogP contribution in [0.15, 0.2) is 24.3 Å². The van der Waals surface area contributed by atoms with Gasteiger partial charge in [0.25, 0.3) is 0 Å². The van der Waals surface area contributed by atoms with E-state index in [1.807, 2.05) is 24.3 Å². The number of benzene rings is 1. The summed E-state index contributed by atoms with van der Waals surface area (Å²) < 4.78 is 5.66. The molecular formula is C14H20N2O4. The second kappa shape index (κ2) is 7.37. The summed E-state index contributed by atoms with van der Waals surface area (Å²) in [7, 11) is 0. The topological polar surface area (TPSA) is 87.7 Å². The zero-order valence-corrected chi connectivity index (χ0v) is 11.8. The van der Waals surface area contributed by atoms with Crippen molar-refractivity contribution >= 4 is 12.0 Å². The number of urea groups is 1. The molecule has 0 saturated carbocycles. The van der Waals surface area contributed by atoms with Crippen molar-refractivity contribution < 1.29 is 19.4 Å². The van der Waals surface area contributed by atoms with Crippen molar-refractivity contribution in [3.8, 4) is 5.75 Å². The molecule has 0 radical (unpaired) electrons. The molecule has 6 heteroatoms. The fraction of sp³-hybridized carbons (Fsp3) is 0.429. The summed E-state index contributed by atoms with van der Waals surface area (Å²) in [5, 5.41) is 13.2. The van der Waals surface area contributed by atoms with Crippen LogP contribution in [0.5, 0.6) is 5.75 Å². The molecule has 0 spiro atoms. The third kappa shape index (κ3) is 5.17. The first-order chi connectivity index (χ1) is 9.40. The monoisotopic (exact) mass is 280 g/mol. The second-order valence-corrected chi connectivity index (χ2v) is 4.67. The largest absolute Gasteiger partial charge is 0.480 e. The van der Waals surface area contributed by atoms with Crippen LogP contribution in [-0.2, 0) is 4.79 Å². The number of carbonyl (C=O) groups excluding carboxylic acids is 1. The summed E-state index contributed by atoms with van der Waals surface area (Å²) in [6.45, 7) is 5.36. The lowest BCUT2D eigenvalue weighted by atomic mass is 10.0. The number of hydrogen-bond donors (Lipinski definition) is 3. The van der Waals surface area contributed by atoms with Gasteiger partial charge in [-0.15, -0.1) is 0 Å². The minimum absolute atomic E-state index is 0.305. The maximum absolute atomic E-state index is 11.4. The van der Waals surface area contributed by atoms with Crippen LogP contribution >= 0.6 is 0 Å². The first-order valence-electron chi connectivity index (χ1n) is 6.42. The number of nitrogens with one attached hydrogen (secondary N) is 2. The lowest BCUT2D eigenvalue weighted by Crippen LogP contribution is -2.44. The maximum atomic E-state index is 11.4. The van der Waals surface area contributed by atoms with Crippen LogP contribution in [0.3, 0.4) is 0 Å². The van der Waals surface area contributed by atoms with Gasteiger partial charge in [-0.2, -0.15) is 0 Å². The van der Waals surface area contributed by atoms with Gasteiger partial charge in [0.05, 0.1) is 0 Å². The Morgan fingerprint density at radius 3 is 2.50 bits per heavy atom. The molecule has 0 fully saturated rings. The van der Waals surface area contributed by atoms with Crippen molar-refractivity contribution in [1.29, 1.82) is 0 Å². The number of ether oxygens (including phenoxy) is 1. The van der Waals surface area contributed by atoms with E-state index in [1.54, 1.807) is 6.92 Å². The molecule has 1 rings (SSSR count). The van der Waals surface area contributed by atoms with Crippen LogP contribution in [0.4, 0.5) is 4.79 Å². The van der Waals surface area contributed by atoms with Gasteiger partial charge in [0.1, 0.15) is 12.3 Å². The molecule has 0 bridgehead atoms. The third-order valence-corrected chi connectivity index (χ3v) is 2.58. The van der Waals surface area contributed by atoms with Crippen molar-refractivity contribution in [2.75, 3.05) is 6.54 Å². The Kier molecular flexibility index (Phi) is 5.83. The molecular weight excluding hydrogens is 260 g/mol. The summed E-state index contributed by atoms with van der Waals surface area (Å²) >= 11 is 0. The molecule has 0 heterocycles. The molecule has 3 N–H and O–H groups in total. The van der Waals surface area contributed by atoms with Crippen molar-refractivity contribution in [1.82, 2.24) is 10.6 Å². The predicted octanol–water partition coefficient (Wildman–Crippen LogP) is 1.92. The SMILES string of the molecule is CC(NC(=O)NCC(=O)O)Oc1ccccc1C(C)C. The highest BCUT2D eigenvalue weighted by Crippen LogP contribution is 2.26. The van der Waals surface area contributed by atoms with Crippen LogP contribution < -0.4 is 15.4 Å². The number of hydrogen-bond acceptors (Lipinski definition) is 3. The smallest absolute Gasteiger partial charge is 0.323 e. The number of carboxylic acids is 1. The molecule has 1 aromatic rings. The first-order valence-corrected chi connectivity index (χ1v) is 6.42. The highest BCUT2D eigenvalue weighted by Gasteiger charge is 2.12. The van der Waals surface area contributed by atoms with Gasteiger partial charge in [-0.25, -0.2) is 4.79 Å². The number of amides is 2. The average Bonchev–Trinajstić information content (AvgIpc) is 2.36. The first kappa shape index (κ1) is 15.8. The normalized spacial score (nSPS) is 11.8. The Hall–Kier alpha value is -2.24. The van der Waals surface area contributed by atoms with Gasteiger partial charge in [0.15, 0.2) is 6.23 Å². The fourth-order valence-electron chi connectivity index (χ4n) is 1.68. The quantitative estimate of drug-likeness (QED) is 0.695. The van der Waals surface area contributed by atoms with Gasteiger partial charge >= 0.3 is 12.0 Å². The van der Waals surface area contributed by atoms with E-state index in [-0.39, 0.29) is 0 Å². The van der Waals surface area contributed by atoms with Gasteiger partial charge in [0, 0.05) is 0 Å². The molecule has 0 saturated heterocycles. The minimum Gasteiger partial charge on any atom is -0.480 e. The van der Waals surface area contributed by atoms with Gasteiger partial charge in [-0.05, 0) is 24.5 Å². The standard InChI is InChI=1S/C14H20N2O4/c1-9(2)11-6-4-5-7-12(11)20-10(3)16-14(19)15-8-13(17)18/h4-7,9-10H,8H2,1-3H3,(H,17,18)(H2,15,16,19). The van der Waals surface area contributed by atoms with E-state index in [0.29, 0.717) is 11.7 Å². The average molecular weight is 280 g/mol. The molecule has 1 unspecified atom stereocenters. The van der Waals surface area contributed by atoms with E-state index in [9.17, 15) is 9.59 Å². The number of aliphatic carboxylic acids is 1. The van der Waals surface area contributed by atoms with E-state index < -0.39 is 24.8 Å². The lowest BCUT2D eigenvalue weighted by Gasteiger charge is -2.19. The number of carbonyl (C=O) groups is 2. The zero-order valence-electron chi connectivity index (χ0n) is 11.8. The van der Waals surface area contributed by atoms with Crippen LogP contribution in [0, 0.1) is 0 Å². The van der Waals surface area contributed by atoms with Crippen LogP contribution in [0.2, 0.25) is 0 Å². The van der Waals surface area contributed by atoms with Crippen LogP contribution in [0.1, 0.15) is 32.3 Å². The van der Waals surface area contributed by atoms with Crippen LogP contribution in [0.25, 0.3) is 0 Å². The second-order valence-electron chi connectivity index (χ2n) is 4.67. The van der Waals surface area contributed by atoms with Gasteiger partial charge in [-0.3, -0.25) is 4.79 Å². The number of carboxylic acid groups (broad SMARTS) is 1. The molecule has 6 nitrogen and oxygen atoms in total. The third-order valence-electron chi connectivity index (χ3n) is 2.58. The summed E-state index contributed by atoms with van der Waals surface area (Å²) in [5.41, 5.74) is 1.05. The van der Waals surface area contributed by atoms with Gasteiger partial charge in [0.2, 0.25) is 0 Å². The Labute approximate surface area is 118 Å². The van der Waals surface area contributed by atoms with Crippen molar-refractivity contribution in [2.45, 2.75) is 32.9 Å². The summed E-state index contributed by atoms with van der Waals surface area (Å²) in [6.07, 6.45) is -0.566. The summed E-state index contributed by atoms with van der Waals surface area (Å²) in [5.74, 6) is -0.0911. The van der Waals surface area contributed by atoms with Crippen molar-refractivity contribution in [2.24, 2.45) is 0 Å². The Morgan fingerprint density at radius 1 is 1.25 bits per heavy atom. The maximum Gasteiger partial charge on any atom is 0.323 e. The Balaban J connectivity index is 2.56. The molecule has 1 atom stereocenters. The molecule has 2 amide bonds. The van der Waals surface area contributed by atoms with E-state index in [2.05, 4.69) is 24.5 Å². The molecule has 20 heavy (non-hydrogen) atoms. The fourth-order valence-corrected chi connectivity index (χ4v) is 1.68. The highest BCUT2D eigenvalue weighted by atomic mass is 16.5. The molecule has 0 aliphatic rings. The van der Waals surface area contributed by atoms with Crippen molar-refractivity contribution in [3.05, 3.63) is 29.8 Å². The van der Waals surface area contributed by atoms with E-state index in [0.717, 1.165) is 5.56 Å². The predicted molar refractivity (Wildman–Crippen MR) is 74.8 cm³/mol. The van der Waals surface area contributed by atoms with Gasteiger partial charge in [-0.1, -0.05) is 32.0 Å². The number of para-hydroxylation sites is 1. The summed E-state index contributed by atoms with van der Waals surface area (Å²) in [4.78, 5) is 21.7. The molecule has 0 aromatic heterocycles. The molecule has 110 valence electrons. The molecule has 0 aliphatic carbocycles. The van der Waals surface area contributed by atoms with Crippen molar-refractivity contribution in [3.63, 3.8) is 0 Å². The molecule has 0 aliphatic heterocycles. The highest BCUT2D eigenvalue weighted by molar-refractivity contribution is 5.79. The lowest BCUT2D eigenvalue weighted by molar-refractivity contribution is -0.135. The number of rotatable bonds is 6. The minimum atomic E-state index is -1.10. The molecule has 1 aromatic carbocycles. The van der Waals surface area contributed by atoms with E-state index in [1.165, 1.54) is 0 Å². The van der Waals surface area contributed by atoms with E-state index in [4.69, 9.17) is 9.84 Å². The summed E-state index contributed by atoms with van der Waals surface area (Å²) in [6, 6.07) is 7.01. The zero-order chi connectivity index (χ0) is 15.1. The van der Waals surface area contributed by atoms with E-state index >= 15 is 0 Å². The van der Waals surface area contributed by atoms with Gasteiger partial charge < -0.3 is 20.5 Å². The van der Waals surface area contributed by atoms with Crippen LogP contribution in [-0.4, -0.2) is 29.9 Å².